The quantitative estimate of drug-likeness (QED) is 0.741. The maximum Gasteiger partial charge on any atom is 0.299 e. The molecule has 0 bridgehead atoms. The van der Waals surface area contributed by atoms with E-state index in [2.05, 4.69) is 13.8 Å². The minimum absolute atomic E-state index is 0.365. The van der Waals surface area contributed by atoms with Crippen LogP contribution in [0.5, 0.6) is 0 Å². The number of hydrogen-bond donors (Lipinski definition) is 0. The molecular weight excluding hydrogens is 274 g/mol. The molecule has 1 heterocycles. The highest BCUT2D eigenvalue weighted by Crippen LogP contribution is 2.35. The van der Waals surface area contributed by atoms with E-state index in [-0.39, 0.29) is 0 Å². The first-order chi connectivity index (χ1) is 9.60. The van der Waals surface area contributed by atoms with Crippen LogP contribution in [0.3, 0.4) is 0 Å². The number of unbranched alkanes of at least 4 members (excludes halogenated alkanes) is 1. The summed E-state index contributed by atoms with van der Waals surface area (Å²) in [5, 5.41) is 0.366. The number of benzene rings is 1. The molecule has 0 radical (unpaired) electrons. The number of rotatable bonds is 6. The fraction of sp³-hybridized carbons (Fsp3) is 0.500. The Morgan fingerprint density at radius 2 is 2.00 bits per heavy atom. The summed E-state index contributed by atoms with van der Waals surface area (Å²) in [5.74, 6) is -0.490. The number of fused-ring (bicyclic) bond motifs is 1. The monoisotopic (exact) mass is 293 g/mol. The topological polar surface area (TPSA) is 37.4 Å². The van der Waals surface area contributed by atoms with Gasteiger partial charge < -0.3 is 4.90 Å². The Labute approximate surface area is 124 Å². The van der Waals surface area contributed by atoms with Gasteiger partial charge in [-0.15, -0.1) is 0 Å². The van der Waals surface area contributed by atoms with Gasteiger partial charge in [-0.2, -0.15) is 0 Å². The van der Waals surface area contributed by atoms with Gasteiger partial charge in [-0.1, -0.05) is 50.8 Å². The van der Waals surface area contributed by atoms with Crippen LogP contribution in [0.2, 0.25) is 5.02 Å². The van der Waals surface area contributed by atoms with E-state index >= 15 is 0 Å². The number of Topliss-reactive ketones (excluding diaryl/α,β-unsaturated/α-hetero) is 1. The molecule has 0 aromatic heterocycles. The van der Waals surface area contributed by atoms with Crippen LogP contribution < -0.4 is 4.90 Å². The van der Waals surface area contributed by atoms with E-state index in [4.69, 9.17) is 11.6 Å². The second-order valence-electron chi connectivity index (χ2n) is 5.30. The van der Waals surface area contributed by atoms with Crippen molar-refractivity contribution in [3.05, 3.63) is 28.8 Å². The third-order valence-corrected chi connectivity index (χ3v) is 4.25. The molecule has 1 unspecified atom stereocenters. The summed E-state index contributed by atoms with van der Waals surface area (Å²) in [6.07, 6.45) is 4.39. The van der Waals surface area contributed by atoms with Gasteiger partial charge in [-0.05, 0) is 24.5 Å². The normalized spacial score (nSPS) is 15.7. The van der Waals surface area contributed by atoms with E-state index in [0.29, 0.717) is 28.7 Å². The third-order valence-electron chi connectivity index (χ3n) is 3.93. The molecule has 2 rings (SSSR count). The van der Waals surface area contributed by atoms with Crippen molar-refractivity contribution in [2.24, 2.45) is 5.92 Å². The molecule has 1 aliphatic rings. The van der Waals surface area contributed by atoms with Crippen molar-refractivity contribution in [2.75, 3.05) is 11.4 Å². The van der Waals surface area contributed by atoms with E-state index in [1.807, 2.05) is 0 Å². The van der Waals surface area contributed by atoms with Gasteiger partial charge in [0.2, 0.25) is 0 Å². The SMILES string of the molecule is CCCCC(CC)CN1C(=O)C(=O)c2c(Cl)cccc21. The molecule has 0 saturated heterocycles. The van der Waals surface area contributed by atoms with Crippen LogP contribution in [0.1, 0.15) is 49.9 Å². The number of halogens is 1. The average molecular weight is 294 g/mol. The fourth-order valence-corrected chi connectivity index (χ4v) is 2.91. The molecular formula is C16H20ClNO2. The first-order valence-electron chi connectivity index (χ1n) is 7.24. The fourth-order valence-electron chi connectivity index (χ4n) is 2.66. The van der Waals surface area contributed by atoms with Crippen molar-refractivity contribution in [2.45, 2.75) is 39.5 Å². The van der Waals surface area contributed by atoms with Crippen molar-refractivity contribution >= 4 is 29.0 Å². The van der Waals surface area contributed by atoms with Gasteiger partial charge in [-0.25, -0.2) is 0 Å². The lowest BCUT2D eigenvalue weighted by molar-refractivity contribution is -0.114. The smallest absolute Gasteiger partial charge is 0.299 e. The molecule has 0 spiro atoms. The summed E-state index contributed by atoms with van der Waals surface area (Å²) in [5.41, 5.74) is 1.03. The minimum Gasteiger partial charge on any atom is -0.304 e. The number of amides is 1. The van der Waals surface area contributed by atoms with Gasteiger partial charge in [0.15, 0.2) is 0 Å². The Balaban J connectivity index is 2.23. The molecule has 108 valence electrons. The predicted octanol–water partition coefficient (Wildman–Crippen LogP) is 4.09. The highest BCUT2D eigenvalue weighted by atomic mass is 35.5. The lowest BCUT2D eigenvalue weighted by Gasteiger charge is -2.23. The van der Waals surface area contributed by atoms with E-state index in [1.165, 1.54) is 0 Å². The highest BCUT2D eigenvalue weighted by molar-refractivity contribution is 6.55. The lowest BCUT2D eigenvalue weighted by atomic mass is 9.98. The molecule has 1 aliphatic heterocycles. The van der Waals surface area contributed by atoms with Crippen LogP contribution in [-0.2, 0) is 4.79 Å². The van der Waals surface area contributed by atoms with Crippen LogP contribution in [0.4, 0.5) is 5.69 Å². The molecule has 20 heavy (non-hydrogen) atoms. The number of hydrogen-bond acceptors (Lipinski definition) is 2. The van der Waals surface area contributed by atoms with Crippen LogP contribution >= 0.6 is 11.6 Å². The molecule has 1 atom stereocenters. The maximum absolute atomic E-state index is 12.2. The molecule has 0 fully saturated rings. The second kappa shape index (κ2) is 6.40. The van der Waals surface area contributed by atoms with Gasteiger partial charge in [0, 0.05) is 6.54 Å². The summed E-state index contributed by atoms with van der Waals surface area (Å²) < 4.78 is 0. The van der Waals surface area contributed by atoms with Gasteiger partial charge in [0.1, 0.15) is 0 Å². The van der Waals surface area contributed by atoms with Gasteiger partial charge in [-0.3, -0.25) is 9.59 Å². The van der Waals surface area contributed by atoms with Gasteiger partial charge in [0.05, 0.1) is 16.3 Å². The van der Waals surface area contributed by atoms with Crippen LogP contribution in [0.15, 0.2) is 18.2 Å². The number of anilines is 1. The standard InChI is InChI=1S/C16H20ClNO2/c1-3-5-7-11(4-2)10-18-13-9-6-8-12(17)14(13)15(19)16(18)20/h6,8-9,11H,3-5,7,10H2,1-2H3. The summed E-state index contributed by atoms with van der Waals surface area (Å²) in [7, 11) is 0. The van der Waals surface area contributed by atoms with Crippen molar-refractivity contribution in [1.29, 1.82) is 0 Å². The van der Waals surface area contributed by atoms with Crippen molar-refractivity contribution < 1.29 is 9.59 Å². The van der Waals surface area contributed by atoms with Gasteiger partial charge >= 0.3 is 0 Å². The molecule has 1 aromatic carbocycles. The number of carbonyl (C=O) groups excluding carboxylic acids is 2. The zero-order valence-electron chi connectivity index (χ0n) is 12.0. The van der Waals surface area contributed by atoms with Crippen LogP contribution in [0.25, 0.3) is 0 Å². The van der Waals surface area contributed by atoms with Crippen molar-refractivity contribution in [3.8, 4) is 0 Å². The summed E-state index contributed by atoms with van der Waals surface area (Å²) in [6.45, 7) is 4.89. The first kappa shape index (κ1) is 15.0. The summed E-state index contributed by atoms with van der Waals surface area (Å²) >= 11 is 6.05. The van der Waals surface area contributed by atoms with E-state index < -0.39 is 11.7 Å². The molecule has 1 amide bonds. The third kappa shape index (κ3) is 2.73. The van der Waals surface area contributed by atoms with Crippen LogP contribution in [0, 0.1) is 5.92 Å². The molecule has 1 aromatic rings. The highest BCUT2D eigenvalue weighted by Gasteiger charge is 2.37. The first-order valence-corrected chi connectivity index (χ1v) is 7.62. The zero-order valence-corrected chi connectivity index (χ0v) is 12.7. The molecule has 0 saturated carbocycles. The Kier molecular flexibility index (Phi) is 4.81. The average Bonchev–Trinajstić information content (AvgIpc) is 2.69. The Morgan fingerprint density at radius 1 is 1.25 bits per heavy atom. The number of ketones is 1. The molecule has 4 heteroatoms. The van der Waals surface area contributed by atoms with Gasteiger partial charge in [0.25, 0.3) is 11.7 Å². The minimum atomic E-state index is -0.476. The van der Waals surface area contributed by atoms with Crippen molar-refractivity contribution in [3.63, 3.8) is 0 Å². The van der Waals surface area contributed by atoms with Crippen LogP contribution in [-0.4, -0.2) is 18.2 Å². The number of carbonyl (C=O) groups is 2. The summed E-state index contributed by atoms with van der Waals surface area (Å²) in [4.78, 5) is 25.8. The Bertz CT molecular complexity index is 527. The Morgan fingerprint density at radius 3 is 2.65 bits per heavy atom. The Hall–Kier alpha value is -1.35. The summed E-state index contributed by atoms with van der Waals surface area (Å²) in [6, 6.07) is 5.24. The van der Waals surface area contributed by atoms with Crippen molar-refractivity contribution in [1.82, 2.24) is 0 Å². The zero-order chi connectivity index (χ0) is 14.7. The number of nitrogens with zero attached hydrogens (tertiary/aromatic N) is 1. The molecule has 0 aliphatic carbocycles. The molecule has 3 nitrogen and oxygen atoms in total. The van der Waals surface area contributed by atoms with E-state index in [0.717, 1.165) is 25.7 Å². The van der Waals surface area contributed by atoms with E-state index in [1.54, 1.807) is 23.1 Å². The van der Waals surface area contributed by atoms with E-state index in [9.17, 15) is 9.59 Å². The maximum atomic E-state index is 12.2. The largest absolute Gasteiger partial charge is 0.304 e. The predicted molar refractivity (Wildman–Crippen MR) is 81.4 cm³/mol. The second-order valence-corrected chi connectivity index (χ2v) is 5.70. The molecule has 0 N–H and O–H groups in total. The lowest BCUT2D eigenvalue weighted by Crippen LogP contribution is -2.34.